The highest BCUT2D eigenvalue weighted by Crippen LogP contribution is 2.16. The lowest BCUT2D eigenvalue weighted by atomic mass is 10.0. The third kappa shape index (κ3) is 5.39. The van der Waals surface area contributed by atoms with Gasteiger partial charge in [-0.25, -0.2) is 13.1 Å². The molecular weight excluding hydrogens is 360 g/mol. The molecule has 5 nitrogen and oxygen atoms in total. The summed E-state index contributed by atoms with van der Waals surface area (Å²) in [7, 11) is -3.53. The molecule has 27 heavy (non-hydrogen) atoms. The Hall–Kier alpha value is -1.73. The normalized spacial score (nSPS) is 17.0. The highest BCUT2D eigenvalue weighted by molar-refractivity contribution is 7.89. The van der Waals surface area contributed by atoms with Gasteiger partial charge in [-0.2, -0.15) is 0 Å². The summed E-state index contributed by atoms with van der Waals surface area (Å²) in [5, 5.41) is 0. The average Bonchev–Trinajstić information content (AvgIpc) is 2.68. The number of morpholine rings is 1. The van der Waals surface area contributed by atoms with Crippen molar-refractivity contribution in [2.24, 2.45) is 0 Å². The molecule has 1 saturated heterocycles. The number of rotatable bonds is 7. The summed E-state index contributed by atoms with van der Waals surface area (Å²) in [5.41, 5.74) is 3.27. The molecular formula is C21H28N2O3S. The van der Waals surface area contributed by atoms with E-state index < -0.39 is 10.0 Å². The van der Waals surface area contributed by atoms with Gasteiger partial charge in [-0.05, 0) is 49.1 Å². The zero-order chi connectivity index (χ0) is 19.3. The second-order valence-corrected chi connectivity index (χ2v) is 8.86. The van der Waals surface area contributed by atoms with E-state index >= 15 is 0 Å². The van der Waals surface area contributed by atoms with Crippen LogP contribution in [-0.4, -0.2) is 52.2 Å². The van der Waals surface area contributed by atoms with Crippen molar-refractivity contribution in [3.8, 4) is 0 Å². The Morgan fingerprint density at radius 1 is 1.04 bits per heavy atom. The molecule has 0 radical (unpaired) electrons. The van der Waals surface area contributed by atoms with Crippen molar-refractivity contribution >= 4 is 10.0 Å². The number of hydrogen-bond donors (Lipinski definition) is 1. The number of nitrogens with zero attached hydrogens (tertiary/aromatic N) is 1. The van der Waals surface area contributed by atoms with Gasteiger partial charge in [0.05, 0.1) is 18.1 Å². The van der Waals surface area contributed by atoms with Crippen molar-refractivity contribution in [1.82, 2.24) is 9.62 Å². The van der Waals surface area contributed by atoms with Gasteiger partial charge in [0, 0.05) is 25.7 Å². The maximum Gasteiger partial charge on any atom is 0.240 e. The molecule has 1 unspecified atom stereocenters. The maximum atomic E-state index is 12.8. The quantitative estimate of drug-likeness (QED) is 0.792. The first-order chi connectivity index (χ1) is 13.0. The van der Waals surface area contributed by atoms with Crippen LogP contribution in [0.15, 0.2) is 53.4 Å². The summed E-state index contributed by atoms with van der Waals surface area (Å²) in [6.07, 6.45) is 0.802. The molecule has 0 aromatic heterocycles. The van der Waals surface area contributed by atoms with Crippen LogP contribution in [0, 0.1) is 13.8 Å². The molecule has 0 amide bonds. The van der Waals surface area contributed by atoms with E-state index in [2.05, 4.69) is 21.8 Å². The van der Waals surface area contributed by atoms with E-state index in [1.54, 1.807) is 12.1 Å². The van der Waals surface area contributed by atoms with Gasteiger partial charge in [-0.1, -0.05) is 36.4 Å². The first-order valence-electron chi connectivity index (χ1n) is 9.38. The van der Waals surface area contributed by atoms with E-state index in [1.165, 1.54) is 5.56 Å². The summed E-state index contributed by atoms with van der Waals surface area (Å²) in [5.74, 6) is 0. The van der Waals surface area contributed by atoms with E-state index in [4.69, 9.17) is 4.74 Å². The van der Waals surface area contributed by atoms with Gasteiger partial charge in [0.1, 0.15) is 0 Å². The molecule has 0 aliphatic carbocycles. The molecule has 146 valence electrons. The smallest absolute Gasteiger partial charge is 0.240 e. The fraction of sp³-hybridized carbons (Fsp3) is 0.429. The number of hydrogen-bond acceptors (Lipinski definition) is 4. The van der Waals surface area contributed by atoms with Crippen molar-refractivity contribution in [2.45, 2.75) is 31.2 Å². The zero-order valence-electron chi connectivity index (χ0n) is 16.0. The summed E-state index contributed by atoms with van der Waals surface area (Å²) >= 11 is 0. The molecule has 1 heterocycles. The first-order valence-corrected chi connectivity index (χ1v) is 10.9. The Bertz CT molecular complexity index is 847. The Morgan fingerprint density at radius 2 is 1.74 bits per heavy atom. The predicted molar refractivity (Wildman–Crippen MR) is 107 cm³/mol. The molecule has 1 aliphatic rings. The van der Waals surface area contributed by atoms with Crippen LogP contribution in [0.1, 0.15) is 16.7 Å². The van der Waals surface area contributed by atoms with Gasteiger partial charge in [-0.3, -0.25) is 4.90 Å². The van der Waals surface area contributed by atoms with Gasteiger partial charge in [0.15, 0.2) is 0 Å². The van der Waals surface area contributed by atoms with Crippen LogP contribution in [0.4, 0.5) is 0 Å². The predicted octanol–water partition coefficient (Wildman–Crippen LogP) is 2.53. The second-order valence-electron chi connectivity index (χ2n) is 7.09. The van der Waals surface area contributed by atoms with Crippen LogP contribution in [0.2, 0.25) is 0 Å². The number of sulfonamides is 1. The molecule has 1 N–H and O–H groups in total. The van der Waals surface area contributed by atoms with Gasteiger partial charge in [0.2, 0.25) is 10.0 Å². The number of benzene rings is 2. The van der Waals surface area contributed by atoms with Crippen molar-refractivity contribution in [1.29, 1.82) is 0 Å². The lowest BCUT2D eigenvalue weighted by molar-refractivity contribution is 0.0177. The van der Waals surface area contributed by atoms with Gasteiger partial charge >= 0.3 is 0 Å². The van der Waals surface area contributed by atoms with E-state index in [1.807, 2.05) is 38.1 Å². The van der Waals surface area contributed by atoms with Crippen LogP contribution in [-0.2, 0) is 21.2 Å². The number of ether oxygens (including phenoxy) is 1. The number of nitrogens with one attached hydrogen (secondary N) is 1. The second kappa shape index (κ2) is 8.97. The lowest BCUT2D eigenvalue weighted by Crippen LogP contribution is -2.49. The summed E-state index contributed by atoms with van der Waals surface area (Å²) in [6, 6.07) is 15.6. The first kappa shape index (κ1) is 20.0. The van der Waals surface area contributed by atoms with Crippen molar-refractivity contribution in [3.63, 3.8) is 0 Å². The van der Waals surface area contributed by atoms with Crippen LogP contribution in [0.5, 0.6) is 0 Å². The SMILES string of the molecule is Cc1ccc(S(=O)(=O)NCC(Cc2ccccc2)N2CCOCC2)cc1C. The molecule has 0 saturated carbocycles. The molecule has 2 aromatic carbocycles. The third-order valence-corrected chi connectivity index (χ3v) is 6.60. The number of aryl methyl sites for hydroxylation is 2. The summed E-state index contributed by atoms with van der Waals surface area (Å²) < 4.78 is 33.9. The molecule has 0 bridgehead atoms. The maximum absolute atomic E-state index is 12.8. The Kier molecular flexibility index (Phi) is 6.65. The molecule has 1 aliphatic heterocycles. The molecule has 6 heteroatoms. The van der Waals surface area contributed by atoms with Crippen molar-refractivity contribution in [3.05, 3.63) is 65.2 Å². The van der Waals surface area contributed by atoms with E-state index in [-0.39, 0.29) is 6.04 Å². The standard InChI is InChI=1S/C21H28N2O3S/c1-17-8-9-21(14-18(17)2)27(24,25)22-16-20(23-10-12-26-13-11-23)15-19-6-4-3-5-7-19/h3-9,14,20,22H,10-13,15-16H2,1-2H3. The van der Waals surface area contributed by atoms with Crippen molar-refractivity contribution < 1.29 is 13.2 Å². The van der Waals surface area contributed by atoms with E-state index in [9.17, 15) is 8.42 Å². The minimum absolute atomic E-state index is 0.0950. The van der Waals surface area contributed by atoms with Gasteiger partial charge in [0.25, 0.3) is 0 Å². The fourth-order valence-corrected chi connectivity index (χ4v) is 4.49. The topological polar surface area (TPSA) is 58.6 Å². The van der Waals surface area contributed by atoms with Gasteiger partial charge < -0.3 is 4.74 Å². The minimum atomic E-state index is -3.53. The highest BCUT2D eigenvalue weighted by Gasteiger charge is 2.24. The molecule has 1 fully saturated rings. The monoisotopic (exact) mass is 388 g/mol. The van der Waals surface area contributed by atoms with Crippen LogP contribution < -0.4 is 4.72 Å². The Balaban J connectivity index is 1.73. The average molecular weight is 389 g/mol. The van der Waals surface area contributed by atoms with Crippen LogP contribution >= 0.6 is 0 Å². The summed E-state index contributed by atoms with van der Waals surface area (Å²) in [4.78, 5) is 2.64. The molecule has 0 spiro atoms. The Morgan fingerprint density at radius 3 is 2.41 bits per heavy atom. The van der Waals surface area contributed by atoms with E-state index in [0.717, 1.165) is 30.6 Å². The molecule has 3 rings (SSSR count). The van der Waals surface area contributed by atoms with E-state index in [0.29, 0.717) is 24.7 Å². The van der Waals surface area contributed by atoms with Gasteiger partial charge in [-0.15, -0.1) is 0 Å². The summed E-state index contributed by atoms with van der Waals surface area (Å²) in [6.45, 7) is 7.31. The van der Waals surface area contributed by atoms with Crippen molar-refractivity contribution in [2.75, 3.05) is 32.8 Å². The van der Waals surface area contributed by atoms with Crippen LogP contribution in [0.3, 0.4) is 0 Å². The Labute approximate surface area is 162 Å². The highest BCUT2D eigenvalue weighted by atomic mass is 32.2. The minimum Gasteiger partial charge on any atom is -0.379 e. The lowest BCUT2D eigenvalue weighted by Gasteiger charge is -2.34. The third-order valence-electron chi connectivity index (χ3n) is 5.17. The molecule has 1 atom stereocenters. The fourth-order valence-electron chi connectivity index (χ4n) is 3.33. The van der Waals surface area contributed by atoms with Crippen LogP contribution in [0.25, 0.3) is 0 Å². The molecule has 2 aromatic rings. The largest absolute Gasteiger partial charge is 0.379 e. The zero-order valence-corrected chi connectivity index (χ0v) is 16.8.